The minimum atomic E-state index is -0.541. The van der Waals surface area contributed by atoms with Gasteiger partial charge in [-0.1, -0.05) is 0 Å². The van der Waals surface area contributed by atoms with Gasteiger partial charge in [-0.25, -0.2) is 4.79 Å². The van der Waals surface area contributed by atoms with Crippen LogP contribution in [0.5, 0.6) is 0 Å². The largest absolute Gasteiger partial charge is 0.466 e. The van der Waals surface area contributed by atoms with Crippen LogP contribution in [-0.2, 0) is 14.3 Å². The molecule has 0 atom stereocenters. The third-order valence-electron chi connectivity index (χ3n) is 5.50. The smallest absolute Gasteiger partial charge is 0.337 e. The van der Waals surface area contributed by atoms with Crippen molar-refractivity contribution in [1.82, 2.24) is 9.80 Å². The Morgan fingerprint density at radius 3 is 2.38 bits per heavy atom. The van der Waals surface area contributed by atoms with E-state index in [-0.39, 0.29) is 36.9 Å². The van der Waals surface area contributed by atoms with E-state index in [0.717, 1.165) is 37.6 Å². The van der Waals surface area contributed by atoms with E-state index in [0.29, 0.717) is 6.04 Å². The molecule has 0 unspecified atom stereocenters. The summed E-state index contributed by atoms with van der Waals surface area (Å²) in [6, 6.07) is 8.44. The van der Waals surface area contributed by atoms with E-state index in [1.165, 1.54) is 12.0 Å². The Labute approximate surface area is 171 Å². The van der Waals surface area contributed by atoms with Gasteiger partial charge in [0, 0.05) is 50.1 Å². The Morgan fingerprint density at radius 2 is 1.83 bits per heavy atom. The van der Waals surface area contributed by atoms with Gasteiger partial charge in [0.15, 0.2) is 0 Å². The number of hydrogen-bond donors (Lipinski definition) is 2. The van der Waals surface area contributed by atoms with Crippen molar-refractivity contribution in [2.75, 3.05) is 63.2 Å². The Hall–Kier alpha value is -2.58. The first-order valence-electron chi connectivity index (χ1n) is 10.0. The molecule has 3 rings (SSSR count). The number of anilines is 2. The molecule has 8 heteroatoms. The fourth-order valence-corrected chi connectivity index (χ4v) is 3.75. The number of hydrogen-bond acceptors (Lipinski definition) is 7. The number of rotatable bonds is 7. The molecule has 2 N–H and O–H groups in total. The molecule has 2 aliphatic rings. The van der Waals surface area contributed by atoms with Gasteiger partial charge in [-0.3, -0.25) is 9.69 Å². The van der Waals surface area contributed by atoms with Crippen LogP contribution in [0, 0.1) is 0 Å². The predicted molar refractivity (Wildman–Crippen MR) is 112 cm³/mol. The molecule has 1 amide bonds. The van der Waals surface area contributed by atoms with Gasteiger partial charge in [-0.15, -0.1) is 0 Å². The first-order chi connectivity index (χ1) is 13.9. The van der Waals surface area contributed by atoms with Crippen molar-refractivity contribution < 1.29 is 19.4 Å². The maximum absolute atomic E-state index is 12.6. The van der Waals surface area contributed by atoms with Crippen LogP contribution in [0.4, 0.5) is 11.4 Å². The highest BCUT2D eigenvalue weighted by Gasteiger charge is 2.34. The topological polar surface area (TPSA) is 85.4 Å². The third-order valence-corrected chi connectivity index (χ3v) is 5.50. The van der Waals surface area contributed by atoms with Crippen molar-refractivity contribution in [3.05, 3.63) is 35.5 Å². The number of esters is 1. The van der Waals surface area contributed by atoms with E-state index < -0.39 is 5.97 Å². The lowest BCUT2D eigenvalue weighted by Gasteiger charge is -2.38. The maximum atomic E-state index is 12.6. The number of ether oxygens (including phenoxy) is 1. The molecular formula is C21H30N4O4. The zero-order valence-electron chi connectivity index (χ0n) is 17.4. The van der Waals surface area contributed by atoms with E-state index in [1.807, 2.05) is 24.3 Å². The molecule has 1 saturated heterocycles. The van der Waals surface area contributed by atoms with Gasteiger partial charge in [0.2, 0.25) is 0 Å². The molecule has 2 heterocycles. The molecule has 2 aliphatic heterocycles. The van der Waals surface area contributed by atoms with Crippen LogP contribution in [-0.4, -0.2) is 85.8 Å². The average molecular weight is 402 g/mol. The number of carbonyl (C=O) groups is 2. The number of β-amino-alcohol motifs (C(OH)–C–C–N with tert-alkyl or cyclic N) is 1. The van der Waals surface area contributed by atoms with Gasteiger partial charge in [-0.05, 0) is 38.1 Å². The van der Waals surface area contributed by atoms with Gasteiger partial charge >= 0.3 is 5.97 Å². The summed E-state index contributed by atoms with van der Waals surface area (Å²) in [5.41, 5.74) is 2.36. The molecule has 158 valence electrons. The van der Waals surface area contributed by atoms with Crippen LogP contribution in [0.2, 0.25) is 0 Å². The second-order valence-electron chi connectivity index (χ2n) is 7.58. The van der Waals surface area contributed by atoms with Crippen molar-refractivity contribution >= 4 is 23.3 Å². The van der Waals surface area contributed by atoms with Crippen molar-refractivity contribution in [3.8, 4) is 0 Å². The summed E-state index contributed by atoms with van der Waals surface area (Å²) in [7, 11) is 1.29. The van der Waals surface area contributed by atoms with Crippen molar-refractivity contribution in [1.29, 1.82) is 0 Å². The van der Waals surface area contributed by atoms with E-state index >= 15 is 0 Å². The number of piperazine rings is 1. The number of aliphatic hydroxyl groups excluding tert-OH is 1. The van der Waals surface area contributed by atoms with Crippen LogP contribution in [0.3, 0.4) is 0 Å². The Morgan fingerprint density at radius 1 is 1.17 bits per heavy atom. The highest BCUT2D eigenvalue weighted by atomic mass is 16.5. The molecule has 0 bridgehead atoms. The highest BCUT2D eigenvalue weighted by molar-refractivity contribution is 6.08. The van der Waals surface area contributed by atoms with E-state index in [9.17, 15) is 9.59 Å². The molecule has 0 aromatic heterocycles. The fourth-order valence-electron chi connectivity index (χ4n) is 3.75. The number of nitrogens with zero attached hydrogens (tertiary/aromatic N) is 3. The summed E-state index contributed by atoms with van der Waals surface area (Å²) in [6.07, 6.45) is 0. The van der Waals surface area contributed by atoms with Crippen molar-refractivity contribution in [2.45, 2.75) is 19.9 Å². The first kappa shape index (κ1) is 21.1. The van der Waals surface area contributed by atoms with Gasteiger partial charge in [-0.2, -0.15) is 0 Å². The minimum absolute atomic E-state index is 0.132. The van der Waals surface area contributed by atoms with Crippen LogP contribution < -0.4 is 10.2 Å². The molecule has 1 aromatic rings. The first-order valence-corrected chi connectivity index (χ1v) is 10.0. The third kappa shape index (κ3) is 4.71. The Bertz CT molecular complexity index is 767. The predicted octanol–water partition coefficient (Wildman–Crippen LogP) is 0.891. The van der Waals surface area contributed by atoms with E-state index in [4.69, 9.17) is 9.84 Å². The summed E-state index contributed by atoms with van der Waals surface area (Å²) in [6.45, 7) is 8.64. The molecule has 8 nitrogen and oxygen atoms in total. The zero-order chi connectivity index (χ0) is 21.0. The number of carbonyl (C=O) groups excluding carboxylic acids is 2. The van der Waals surface area contributed by atoms with Crippen LogP contribution in [0.25, 0.3) is 0 Å². The lowest BCUT2D eigenvalue weighted by molar-refractivity contribution is -0.136. The molecule has 0 radical (unpaired) electrons. The molecular weight excluding hydrogens is 372 g/mol. The van der Waals surface area contributed by atoms with Gasteiger partial charge < -0.3 is 25.0 Å². The summed E-state index contributed by atoms with van der Waals surface area (Å²) < 4.78 is 4.81. The number of methoxy groups -OCH3 is 1. The lowest BCUT2D eigenvalue weighted by atomic mass is 10.2. The standard InChI is InChI=1S/C21H30N4O4/c1-15(2)23-8-10-24(11-9-23)17-6-4-16(5-7-17)22-19-18(21(28)29-3)14-25(12-13-26)20(19)27/h4-7,15,22,26H,8-14H2,1-3H3. The lowest BCUT2D eigenvalue weighted by Crippen LogP contribution is -2.48. The molecule has 0 aliphatic carbocycles. The Balaban J connectivity index is 1.69. The van der Waals surface area contributed by atoms with Gasteiger partial charge in [0.25, 0.3) is 5.91 Å². The number of aliphatic hydroxyl groups is 1. The summed E-state index contributed by atoms with van der Waals surface area (Å²) in [5.74, 6) is -0.853. The number of nitrogens with one attached hydrogen (secondary N) is 1. The van der Waals surface area contributed by atoms with Gasteiger partial charge in [0.1, 0.15) is 5.70 Å². The minimum Gasteiger partial charge on any atom is -0.466 e. The summed E-state index contributed by atoms with van der Waals surface area (Å²) in [5, 5.41) is 12.2. The molecule has 0 spiro atoms. The van der Waals surface area contributed by atoms with E-state index in [2.05, 4.69) is 29.0 Å². The molecule has 0 saturated carbocycles. The quantitative estimate of drug-likeness (QED) is 0.655. The van der Waals surface area contributed by atoms with E-state index in [1.54, 1.807) is 0 Å². The average Bonchev–Trinajstić information content (AvgIpc) is 3.04. The second kappa shape index (κ2) is 9.28. The number of benzene rings is 1. The SMILES string of the molecule is COC(=O)C1=C(Nc2ccc(N3CCN(C(C)C)CC3)cc2)C(=O)N(CCO)C1. The highest BCUT2D eigenvalue weighted by Crippen LogP contribution is 2.25. The molecule has 1 aromatic carbocycles. The maximum Gasteiger partial charge on any atom is 0.337 e. The molecule has 1 fully saturated rings. The second-order valence-corrected chi connectivity index (χ2v) is 7.58. The van der Waals surface area contributed by atoms with Crippen LogP contribution in [0.15, 0.2) is 35.5 Å². The Kier molecular flexibility index (Phi) is 6.76. The van der Waals surface area contributed by atoms with Crippen LogP contribution in [0.1, 0.15) is 13.8 Å². The summed E-state index contributed by atoms with van der Waals surface area (Å²) in [4.78, 5) is 30.9. The normalized spacial score (nSPS) is 18.0. The van der Waals surface area contributed by atoms with Crippen molar-refractivity contribution in [2.24, 2.45) is 0 Å². The van der Waals surface area contributed by atoms with Crippen molar-refractivity contribution in [3.63, 3.8) is 0 Å². The zero-order valence-corrected chi connectivity index (χ0v) is 17.4. The molecule has 29 heavy (non-hydrogen) atoms. The summed E-state index contributed by atoms with van der Waals surface area (Å²) >= 11 is 0. The van der Waals surface area contributed by atoms with Crippen LogP contribution >= 0.6 is 0 Å². The monoisotopic (exact) mass is 402 g/mol. The number of amides is 1. The fraction of sp³-hybridized carbons (Fsp3) is 0.524. The van der Waals surface area contributed by atoms with Gasteiger partial charge in [0.05, 0.1) is 25.8 Å².